The Labute approximate surface area is 192 Å². The molecule has 4 heterocycles. The molecular formula is C22H37N10. The first-order valence-electron chi connectivity index (χ1n) is 12.3. The lowest BCUT2D eigenvalue weighted by atomic mass is 10.4. The SMILES string of the molecule is CCN(CC)C1=NC(N(CC)CC)N(c2nc(N3CCCC3)nc(N3CCCC3)n2)[C]=N1. The summed E-state index contributed by atoms with van der Waals surface area (Å²) in [5.74, 6) is 2.81. The molecule has 0 saturated carbocycles. The Morgan fingerprint density at radius 2 is 1.25 bits per heavy atom. The Hall–Kier alpha value is -2.49. The number of guanidine groups is 1. The van der Waals surface area contributed by atoms with Crippen molar-refractivity contribution in [3.8, 4) is 0 Å². The third-order valence-corrected chi connectivity index (χ3v) is 6.50. The minimum absolute atomic E-state index is 0.279. The lowest BCUT2D eigenvalue weighted by Gasteiger charge is -2.36. The largest absolute Gasteiger partial charge is 0.342 e. The van der Waals surface area contributed by atoms with Crippen molar-refractivity contribution in [1.82, 2.24) is 24.8 Å². The van der Waals surface area contributed by atoms with Crippen LogP contribution in [0.2, 0.25) is 0 Å². The third-order valence-electron chi connectivity index (χ3n) is 6.50. The molecule has 1 unspecified atom stereocenters. The van der Waals surface area contributed by atoms with Crippen molar-refractivity contribution >= 4 is 30.1 Å². The van der Waals surface area contributed by atoms with E-state index in [4.69, 9.17) is 19.9 Å². The topological polar surface area (TPSA) is 79.6 Å². The zero-order valence-electron chi connectivity index (χ0n) is 20.0. The van der Waals surface area contributed by atoms with Crippen LogP contribution in [-0.2, 0) is 0 Å². The van der Waals surface area contributed by atoms with Crippen LogP contribution < -0.4 is 14.7 Å². The fourth-order valence-electron chi connectivity index (χ4n) is 4.51. The van der Waals surface area contributed by atoms with Crippen LogP contribution in [0.1, 0.15) is 53.4 Å². The molecular weight excluding hydrogens is 404 g/mol. The normalized spacial score (nSPS) is 21.1. The molecule has 0 amide bonds. The van der Waals surface area contributed by atoms with Gasteiger partial charge in [-0.1, -0.05) is 13.8 Å². The van der Waals surface area contributed by atoms with Crippen molar-refractivity contribution in [2.75, 3.05) is 67.1 Å². The fraction of sp³-hybridized carbons (Fsp3) is 0.773. The highest BCUT2D eigenvalue weighted by molar-refractivity contribution is 5.94. The maximum absolute atomic E-state index is 5.02. The molecule has 0 N–H and O–H groups in total. The zero-order chi connectivity index (χ0) is 22.5. The maximum atomic E-state index is 5.02. The summed E-state index contributed by atoms with van der Waals surface area (Å²) in [6, 6.07) is 0. The van der Waals surface area contributed by atoms with E-state index in [2.05, 4.69) is 58.6 Å². The number of rotatable bonds is 8. The highest BCUT2D eigenvalue weighted by atomic mass is 15.5. The predicted octanol–water partition coefficient (Wildman–Crippen LogP) is 2.12. The number of aliphatic imine (C=N–C) groups is 2. The summed E-state index contributed by atoms with van der Waals surface area (Å²) in [4.78, 5) is 35.1. The van der Waals surface area contributed by atoms with Gasteiger partial charge in [0, 0.05) is 39.3 Å². The summed E-state index contributed by atoms with van der Waals surface area (Å²) < 4.78 is 0. The van der Waals surface area contributed by atoms with Gasteiger partial charge in [-0.05, 0) is 52.6 Å². The van der Waals surface area contributed by atoms with Gasteiger partial charge in [-0.15, -0.1) is 0 Å². The van der Waals surface area contributed by atoms with E-state index >= 15 is 0 Å². The molecule has 1 aromatic rings. The minimum atomic E-state index is -0.279. The number of nitrogens with zero attached hydrogens (tertiary/aromatic N) is 10. The van der Waals surface area contributed by atoms with Gasteiger partial charge in [0.2, 0.25) is 23.8 Å². The molecule has 0 aliphatic carbocycles. The highest BCUT2D eigenvalue weighted by Gasteiger charge is 2.32. The third kappa shape index (κ3) is 4.65. The van der Waals surface area contributed by atoms with E-state index in [1.54, 1.807) is 0 Å². The molecule has 1 aromatic heterocycles. The van der Waals surface area contributed by atoms with E-state index in [-0.39, 0.29) is 6.29 Å². The van der Waals surface area contributed by atoms with Crippen molar-refractivity contribution in [3.05, 3.63) is 0 Å². The second-order valence-electron chi connectivity index (χ2n) is 8.37. The van der Waals surface area contributed by atoms with Crippen molar-refractivity contribution in [3.63, 3.8) is 0 Å². The molecule has 32 heavy (non-hydrogen) atoms. The number of hydrogen-bond acceptors (Lipinski definition) is 10. The Bertz CT molecular complexity index is 771. The van der Waals surface area contributed by atoms with Gasteiger partial charge in [0.25, 0.3) is 0 Å². The molecule has 1 atom stereocenters. The van der Waals surface area contributed by atoms with Crippen molar-refractivity contribution in [2.24, 2.45) is 9.98 Å². The highest BCUT2D eigenvalue weighted by Crippen LogP contribution is 2.26. The van der Waals surface area contributed by atoms with Gasteiger partial charge in [0.05, 0.1) is 0 Å². The molecule has 3 aliphatic rings. The van der Waals surface area contributed by atoms with Gasteiger partial charge in [0.1, 0.15) is 0 Å². The summed E-state index contributed by atoms with van der Waals surface area (Å²) in [7, 11) is 0. The van der Waals surface area contributed by atoms with Crippen molar-refractivity contribution in [1.29, 1.82) is 0 Å². The molecule has 2 fully saturated rings. The number of aromatic nitrogens is 3. The Balaban J connectivity index is 1.73. The quantitative estimate of drug-likeness (QED) is 0.607. The van der Waals surface area contributed by atoms with Gasteiger partial charge in [0.15, 0.2) is 12.6 Å². The number of anilines is 3. The van der Waals surface area contributed by atoms with Gasteiger partial charge in [-0.3, -0.25) is 9.80 Å². The Kier molecular flexibility index (Phi) is 7.39. The van der Waals surface area contributed by atoms with Crippen LogP contribution in [0.25, 0.3) is 0 Å². The second-order valence-corrected chi connectivity index (χ2v) is 8.37. The van der Waals surface area contributed by atoms with Gasteiger partial charge in [-0.25, -0.2) is 4.99 Å². The van der Waals surface area contributed by atoms with Crippen LogP contribution in [0.15, 0.2) is 9.98 Å². The monoisotopic (exact) mass is 441 g/mol. The first kappa shape index (κ1) is 22.7. The first-order valence-corrected chi connectivity index (χ1v) is 12.3. The fourth-order valence-corrected chi connectivity index (χ4v) is 4.51. The van der Waals surface area contributed by atoms with Crippen LogP contribution in [0.3, 0.4) is 0 Å². The summed E-state index contributed by atoms with van der Waals surface area (Å²) in [6.45, 7) is 15.9. The molecule has 0 aromatic carbocycles. The summed E-state index contributed by atoms with van der Waals surface area (Å²) >= 11 is 0. The van der Waals surface area contributed by atoms with E-state index in [0.29, 0.717) is 5.95 Å². The Morgan fingerprint density at radius 3 is 1.72 bits per heavy atom. The maximum Gasteiger partial charge on any atom is 0.240 e. The van der Waals surface area contributed by atoms with E-state index in [9.17, 15) is 0 Å². The number of hydrogen-bond donors (Lipinski definition) is 0. The van der Waals surface area contributed by atoms with Crippen LogP contribution in [0.4, 0.5) is 17.8 Å². The lowest BCUT2D eigenvalue weighted by Crippen LogP contribution is -2.51. The first-order chi connectivity index (χ1) is 15.7. The molecule has 1 radical (unpaired) electrons. The Morgan fingerprint density at radius 1 is 0.750 bits per heavy atom. The average Bonchev–Trinajstić information content (AvgIpc) is 3.55. The molecule has 2 saturated heterocycles. The van der Waals surface area contributed by atoms with E-state index in [1.165, 1.54) is 25.7 Å². The summed E-state index contributed by atoms with van der Waals surface area (Å²) in [6.07, 6.45) is 7.65. The van der Waals surface area contributed by atoms with E-state index in [0.717, 1.165) is 70.2 Å². The van der Waals surface area contributed by atoms with Gasteiger partial charge in [-0.2, -0.15) is 19.9 Å². The van der Waals surface area contributed by atoms with Crippen LogP contribution in [0, 0.1) is 0 Å². The molecule has 175 valence electrons. The minimum Gasteiger partial charge on any atom is -0.342 e. The van der Waals surface area contributed by atoms with E-state index < -0.39 is 0 Å². The molecule has 10 heteroatoms. The summed E-state index contributed by atoms with van der Waals surface area (Å²) in [5.41, 5.74) is 0. The van der Waals surface area contributed by atoms with Gasteiger partial charge >= 0.3 is 0 Å². The van der Waals surface area contributed by atoms with Crippen LogP contribution in [-0.4, -0.2) is 95.7 Å². The molecule has 0 spiro atoms. The van der Waals surface area contributed by atoms with Crippen molar-refractivity contribution in [2.45, 2.75) is 59.7 Å². The zero-order valence-corrected chi connectivity index (χ0v) is 20.0. The van der Waals surface area contributed by atoms with Crippen molar-refractivity contribution < 1.29 is 0 Å². The van der Waals surface area contributed by atoms with Gasteiger partial charge < -0.3 is 14.7 Å². The molecule has 4 rings (SSSR count). The standard InChI is InChI=1S/C22H37N10/c1-5-28(6-2)18-23-17-32(22(27-18)29(7-3)8-4)21-25-19(30-13-9-10-14-30)24-20(26-21)31-15-11-12-16-31/h22H,5-16H2,1-4H3. The summed E-state index contributed by atoms with van der Waals surface area (Å²) in [5, 5.41) is 0. The molecule has 10 nitrogen and oxygen atoms in total. The van der Waals surface area contributed by atoms with Crippen LogP contribution in [0.5, 0.6) is 0 Å². The van der Waals surface area contributed by atoms with Crippen LogP contribution >= 0.6 is 0 Å². The molecule has 3 aliphatic heterocycles. The smallest absolute Gasteiger partial charge is 0.240 e. The molecule has 0 bridgehead atoms. The average molecular weight is 442 g/mol. The predicted molar refractivity (Wildman–Crippen MR) is 130 cm³/mol. The van der Waals surface area contributed by atoms with E-state index in [1.807, 2.05) is 4.90 Å². The lowest BCUT2D eigenvalue weighted by molar-refractivity contribution is 0.225. The second kappa shape index (κ2) is 10.4.